The van der Waals surface area contributed by atoms with Crippen LogP contribution in [-0.4, -0.2) is 25.5 Å². The highest BCUT2D eigenvalue weighted by Crippen LogP contribution is 2.49. The molecule has 0 amide bonds. The van der Waals surface area contributed by atoms with E-state index in [0.29, 0.717) is 0 Å². The lowest BCUT2D eigenvalue weighted by molar-refractivity contribution is 0.282. The summed E-state index contributed by atoms with van der Waals surface area (Å²) in [6.45, 7) is 0.0271. The van der Waals surface area contributed by atoms with Gasteiger partial charge in [0.05, 0.1) is 12.4 Å². The van der Waals surface area contributed by atoms with Crippen LogP contribution in [0.3, 0.4) is 0 Å². The van der Waals surface area contributed by atoms with Crippen LogP contribution in [-0.2, 0) is 21.9 Å². The Morgan fingerprint density at radius 3 is 2.19 bits per heavy atom. The van der Waals surface area contributed by atoms with Gasteiger partial charge >= 0.3 is 0 Å². The standard InChI is InChI=1S/C12H16O3S/c1-16(14,15)9-12(6-7-12)11-4-2-10(8-13)3-5-11/h2-5,13H,6-9H2,1H3. The summed E-state index contributed by atoms with van der Waals surface area (Å²) in [5.74, 6) is 0.235. The van der Waals surface area contributed by atoms with Gasteiger partial charge in [-0.2, -0.15) is 0 Å². The van der Waals surface area contributed by atoms with Crippen LogP contribution in [0.25, 0.3) is 0 Å². The number of aliphatic hydroxyl groups is 1. The second-order valence-corrected chi connectivity index (χ2v) is 6.85. The fraction of sp³-hybridized carbons (Fsp3) is 0.500. The largest absolute Gasteiger partial charge is 0.392 e. The molecule has 4 heteroatoms. The predicted octanol–water partition coefficient (Wildman–Crippen LogP) is 1.26. The summed E-state index contributed by atoms with van der Waals surface area (Å²) in [4.78, 5) is 0. The molecule has 16 heavy (non-hydrogen) atoms. The fourth-order valence-electron chi connectivity index (χ4n) is 2.13. The van der Waals surface area contributed by atoms with Crippen LogP contribution >= 0.6 is 0 Å². The smallest absolute Gasteiger partial charge is 0.148 e. The molecule has 0 atom stereocenters. The predicted molar refractivity (Wildman–Crippen MR) is 63.0 cm³/mol. The molecule has 1 aliphatic carbocycles. The van der Waals surface area contributed by atoms with Crippen molar-refractivity contribution in [1.29, 1.82) is 0 Å². The van der Waals surface area contributed by atoms with Crippen LogP contribution in [0.2, 0.25) is 0 Å². The third kappa shape index (κ3) is 2.44. The maximum atomic E-state index is 11.3. The first-order chi connectivity index (χ1) is 7.45. The zero-order valence-corrected chi connectivity index (χ0v) is 10.1. The van der Waals surface area contributed by atoms with Crippen molar-refractivity contribution in [3.8, 4) is 0 Å². The van der Waals surface area contributed by atoms with Gasteiger partial charge in [0.15, 0.2) is 0 Å². The van der Waals surface area contributed by atoms with Crippen LogP contribution < -0.4 is 0 Å². The maximum Gasteiger partial charge on any atom is 0.148 e. The second-order valence-electron chi connectivity index (χ2n) is 4.71. The second kappa shape index (κ2) is 3.86. The van der Waals surface area contributed by atoms with E-state index < -0.39 is 9.84 Å². The van der Waals surface area contributed by atoms with Crippen LogP contribution in [0.5, 0.6) is 0 Å². The third-order valence-corrected chi connectivity index (χ3v) is 4.22. The zero-order valence-electron chi connectivity index (χ0n) is 9.31. The van der Waals surface area contributed by atoms with Gasteiger partial charge in [-0.15, -0.1) is 0 Å². The Morgan fingerprint density at radius 1 is 1.25 bits per heavy atom. The quantitative estimate of drug-likeness (QED) is 0.862. The molecule has 0 radical (unpaired) electrons. The Hall–Kier alpha value is -0.870. The molecule has 0 heterocycles. The molecule has 1 saturated carbocycles. The van der Waals surface area contributed by atoms with E-state index in [-0.39, 0.29) is 17.8 Å². The van der Waals surface area contributed by atoms with Gasteiger partial charge in [0, 0.05) is 11.7 Å². The summed E-state index contributed by atoms with van der Waals surface area (Å²) >= 11 is 0. The minimum Gasteiger partial charge on any atom is -0.392 e. The van der Waals surface area contributed by atoms with Gasteiger partial charge in [-0.3, -0.25) is 0 Å². The van der Waals surface area contributed by atoms with E-state index in [1.807, 2.05) is 24.3 Å². The topological polar surface area (TPSA) is 54.4 Å². The van der Waals surface area contributed by atoms with Crippen molar-refractivity contribution in [2.45, 2.75) is 24.9 Å². The van der Waals surface area contributed by atoms with Gasteiger partial charge < -0.3 is 5.11 Å². The average molecular weight is 240 g/mol. The van der Waals surface area contributed by atoms with Crippen LogP contribution in [0.15, 0.2) is 24.3 Å². The molecular weight excluding hydrogens is 224 g/mol. The van der Waals surface area contributed by atoms with E-state index in [0.717, 1.165) is 24.0 Å². The van der Waals surface area contributed by atoms with E-state index >= 15 is 0 Å². The molecule has 0 unspecified atom stereocenters. The Kier molecular flexibility index (Phi) is 2.80. The lowest BCUT2D eigenvalue weighted by atomic mass is 9.97. The van der Waals surface area contributed by atoms with Crippen molar-refractivity contribution in [3.63, 3.8) is 0 Å². The zero-order chi connectivity index (χ0) is 11.8. The third-order valence-electron chi connectivity index (χ3n) is 3.14. The number of sulfone groups is 1. The van der Waals surface area contributed by atoms with Gasteiger partial charge in [0.2, 0.25) is 0 Å². The number of hydrogen-bond donors (Lipinski definition) is 1. The first-order valence-electron chi connectivity index (χ1n) is 5.33. The van der Waals surface area contributed by atoms with Gasteiger partial charge in [-0.1, -0.05) is 24.3 Å². The summed E-state index contributed by atoms with van der Waals surface area (Å²) in [6.07, 6.45) is 3.17. The van der Waals surface area contributed by atoms with Crippen LogP contribution in [0, 0.1) is 0 Å². The molecule has 1 aromatic carbocycles. The van der Waals surface area contributed by atoms with Crippen molar-refractivity contribution in [2.75, 3.05) is 12.0 Å². The van der Waals surface area contributed by atoms with Crippen LogP contribution in [0.4, 0.5) is 0 Å². The molecule has 1 aromatic rings. The molecule has 0 spiro atoms. The SMILES string of the molecule is CS(=O)(=O)CC1(c2ccc(CO)cc2)CC1. The van der Waals surface area contributed by atoms with Crippen molar-refractivity contribution >= 4 is 9.84 Å². The van der Waals surface area contributed by atoms with Crippen molar-refractivity contribution < 1.29 is 13.5 Å². The highest BCUT2D eigenvalue weighted by molar-refractivity contribution is 7.90. The highest BCUT2D eigenvalue weighted by atomic mass is 32.2. The Bertz CT molecular complexity index is 469. The molecule has 1 fully saturated rings. The van der Waals surface area contributed by atoms with Gasteiger partial charge in [0.1, 0.15) is 9.84 Å². The van der Waals surface area contributed by atoms with Gasteiger partial charge in [-0.05, 0) is 24.0 Å². The van der Waals surface area contributed by atoms with E-state index in [2.05, 4.69) is 0 Å². The first-order valence-corrected chi connectivity index (χ1v) is 7.39. The number of aliphatic hydroxyl groups excluding tert-OH is 1. The van der Waals surface area contributed by atoms with E-state index in [1.54, 1.807) is 0 Å². The van der Waals surface area contributed by atoms with Gasteiger partial charge in [0.25, 0.3) is 0 Å². The maximum absolute atomic E-state index is 11.3. The Labute approximate surface area is 96.0 Å². The lowest BCUT2D eigenvalue weighted by Gasteiger charge is -2.14. The molecule has 88 valence electrons. The van der Waals surface area contributed by atoms with Crippen LogP contribution in [0.1, 0.15) is 24.0 Å². The Morgan fingerprint density at radius 2 is 1.81 bits per heavy atom. The first kappa shape index (κ1) is 11.6. The minimum atomic E-state index is -2.93. The highest BCUT2D eigenvalue weighted by Gasteiger charge is 2.46. The van der Waals surface area contributed by atoms with E-state index in [1.165, 1.54) is 6.26 Å². The minimum absolute atomic E-state index is 0.0271. The monoisotopic (exact) mass is 240 g/mol. The summed E-state index contributed by atoms with van der Waals surface area (Å²) in [7, 11) is -2.93. The van der Waals surface area contributed by atoms with Gasteiger partial charge in [-0.25, -0.2) is 8.42 Å². The molecule has 1 aliphatic rings. The molecule has 1 N–H and O–H groups in total. The summed E-state index contributed by atoms with van der Waals surface area (Å²) in [5, 5.41) is 8.94. The number of benzene rings is 1. The molecular formula is C12H16O3S. The molecule has 0 aliphatic heterocycles. The van der Waals surface area contributed by atoms with Crippen molar-refractivity contribution in [2.24, 2.45) is 0 Å². The molecule has 0 bridgehead atoms. The summed E-state index contributed by atoms with van der Waals surface area (Å²) in [5.41, 5.74) is 1.79. The number of rotatable bonds is 4. The normalized spacial score (nSPS) is 18.4. The summed E-state index contributed by atoms with van der Waals surface area (Å²) < 4.78 is 22.7. The summed E-state index contributed by atoms with van der Waals surface area (Å²) in [6, 6.07) is 7.59. The average Bonchev–Trinajstić information content (AvgIpc) is 2.96. The molecule has 0 saturated heterocycles. The number of hydrogen-bond acceptors (Lipinski definition) is 3. The van der Waals surface area contributed by atoms with E-state index in [9.17, 15) is 8.42 Å². The molecule has 3 nitrogen and oxygen atoms in total. The molecule has 0 aromatic heterocycles. The Balaban J connectivity index is 2.23. The molecule has 2 rings (SSSR count). The lowest BCUT2D eigenvalue weighted by Crippen LogP contribution is -2.19. The fourth-order valence-corrected chi connectivity index (χ4v) is 3.59. The van der Waals surface area contributed by atoms with Crippen molar-refractivity contribution in [3.05, 3.63) is 35.4 Å². The van der Waals surface area contributed by atoms with E-state index in [4.69, 9.17) is 5.11 Å². The van der Waals surface area contributed by atoms with Crippen molar-refractivity contribution in [1.82, 2.24) is 0 Å².